The summed E-state index contributed by atoms with van der Waals surface area (Å²) < 4.78 is 6.73. The fourth-order valence-electron chi connectivity index (χ4n) is 2.12. The van der Waals surface area contributed by atoms with E-state index in [0.29, 0.717) is 24.5 Å². The normalized spacial score (nSPS) is 10.4. The van der Waals surface area contributed by atoms with Crippen LogP contribution in [0, 0.1) is 0 Å². The molecule has 0 saturated carbocycles. The number of carbonyl (C=O) groups excluding carboxylic acids is 1. The second-order valence-corrected chi connectivity index (χ2v) is 6.16. The Labute approximate surface area is 145 Å². The molecular weight excluding hydrogens is 356 g/mol. The van der Waals surface area contributed by atoms with Gasteiger partial charge >= 0.3 is 0 Å². The largest absolute Gasteiger partial charge is 0.488 e. The van der Waals surface area contributed by atoms with Crippen LogP contribution in [0.25, 0.3) is 0 Å². The van der Waals surface area contributed by atoms with Crippen LogP contribution < -0.4 is 10.1 Å². The highest BCUT2D eigenvalue weighted by molar-refractivity contribution is 9.10. The summed E-state index contributed by atoms with van der Waals surface area (Å²) >= 11 is 3.42. The molecule has 0 saturated heterocycles. The number of rotatable bonds is 7. The van der Waals surface area contributed by atoms with Crippen LogP contribution in [0.4, 0.5) is 0 Å². The van der Waals surface area contributed by atoms with Gasteiger partial charge < -0.3 is 15.0 Å². The lowest BCUT2D eigenvalue weighted by Crippen LogP contribution is -2.33. The van der Waals surface area contributed by atoms with Crippen molar-refractivity contribution in [1.29, 1.82) is 0 Å². The molecule has 0 aliphatic rings. The summed E-state index contributed by atoms with van der Waals surface area (Å²) in [6.07, 6.45) is 0. The van der Waals surface area contributed by atoms with Gasteiger partial charge in [-0.05, 0) is 30.8 Å². The molecule has 0 atom stereocenters. The maximum absolute atomic E-state index is 12.6. The van der Waals surface area contributed by atoms with Gasteiger partial charge in [0.1, 0.15) is 12.4 Å². The minimum Gasteiger partial charge on any atom is -0.488 e. The first-order chi connectivity index (χ1) is 11.1. The number of nitrogens with zero attached hydrogens (tertiary/aromatic N) is 1. The first-order valence-corrected chi connectivity index (χ1v) is 8.27. The maximum Gasteiger partial charge on any atom is 0.257 e. The predicted octanol–water partition coefficient (Wildman–Crippen LogP) is 3.32. The van der Waals surface area contributed by atoms with Crippen LogP contribution in [0.5, 0.6) is 5.75 Å². The standard InChI is InChI=1S/C18H21BrN2O2/c1-20-10-11-21(2)18(22)16-12-15(19)8-9-17(16)23-13-14-6-4-3-5-7-14/h3-9,12,20H,10-11,13H2,1-2H3. The van der Waals surface area contributed by atoms with Crippen LogP contribution in [0.2, 0.25) is 0 Å². The monoisotopic (exact) mass is 376 g/mol. The van der Waals surface area contributed by atoms with Crippen molar-refractivity contribution in [3.63, 3.8) is 0 Å². The smallest absolute Gasteiger partial charge is 0.257 e. The fraction of sp³-hybridized carbons (Fsp3) is 0.278. The number of likely N-dealkylation sites (N-methyl/N-ethyl adjacent to an activating group) is 2. The van der Waals surface area contributed by atoms with Crippen LogP contribution in [-0.2, 0) is 6.61 Å². The van der Waals surface area contributed by atoms with Gasteiger partial charge in [0, 0.05) is 24.6 Å². The third-order valence-electron chi connectivity index (χ3n) is 3.45. The highest BCUT2D eigenvalue weighted by Crippen LogP contribution is 2.25. The van der Waals surface area contributed by atoms with Crippen molar-refractivity contribution in [3.8, 4) is 5.75 Å². The molecule has 0 radical (unpaired) electrons. The van der Waals surface area contributed by atoms with E-state index in [1.165, 1.54) is 0 Å². The van der Waals surface area contributed by atoms with E-state index in [4.69, 9.17) is 4.74 Å². The SMILES string of the molecule is CNCCN(C)C(=O)c1cc(Br)ccc1OCc1ccccc1. The average molecular weight is 377 g/mol. The van der Waals surface area contributed by atoms with E-state index < -0.39 is 0 Å². The van der Waals surface area contributed by atoms with Crippen LogP contribution in [0.1, 0.15) is 15.9 Å². The van der Waals surface area contributed by atoms with Gasteiger partial charge in [0.2, 0.25) is 0 Å². The Kier molecular flexibility index (Phi) is 6.62. The molecule has 0 bridgehead atoms. The Bertz CT molecular complexity index is 647. The molecule has 1 amide bonds. The molecule has 1 N–H and O–H groups in total. The molecule has 0 aliphatic carbocycles. The Hall–Kier alpha value is -1.85. The van der Waals surface area contributed by atoms with Crippen molar-refractivity contribution in [1.82, 2.24) is 10.2 Å². The summed E-state index contributed by atoms with van der Waals surface area (Å²) in [4.78, 5) is 14.3. The summed E-state index contributed by atoms with van der Waals surface area (Å²) in [6, 6.07) is 15.4. The van der Waals surface area contributed by atoms with Crippen molar-refractivity contribution in [2.75, 3.05) is 27.2 Å². The van der Waals surface area contributed by atoms with Crippen molar-refractivity contribution in [2.45, 2.75) is 6.61 Å². The lowest BCUT2D eigenvalue weighted by Gasteiger charge is -2.19. The average Bonchev–Trinajstić information content (AvgIpc) is 2.58. The van der Waals surface area contributed by atoms with Gasteiger partial charge in [-0.2, -0.15) is 0 Å². The Morgan fingerprint density at radius 1 is 1.22 bits per heavy atom. The topological polar surface area (TPSA) is 41.6 Å². The number of carbonyl (C=O) groups is 1. The summed E-state index contributed by atoms with van der Waals surface area (Å²) in [5.41, 5.74) is 1.63. The number of halogens is 1. The van der Waals surface area contributed by atoms with E-state index in [2.05, 4.69) is 21.2 Å². The number of nitrogens with one attached hydrogen (secondary N) is 1. The minimum absolute atomic E-state index is 0.0513. The van der Waals surface area contributed by atoms with E-state index in [1.807, 2.05) is 49.5 Å². The minimum atomic E-state index is -0.0513. The summed E-state index contributed by atoms with van der Waals surface area (Å²) in [7, 11) is 3.66. The summed E-state index contributed by atoms with van der Waals surface area (Å²) in [6.45, 7) is 1.82. The number of hydrogen-bond donors (Lipinski definition) is 1. The van der Waals surface area contributed by atoms with Gasteiger partial charge in [-0.3, -0.25) is 4.79 Å². The molecule has 0 aromatic heterocycles. The van der Waals surface area contributed by atoms with Crippen molar-refractivity contribution in [2.24, 2.45) is 0 Å². The third-order valence-corrected chi connectivity index (χ3v) is 3.95. The van der Waals surface area contributed by atoms with E-state index in [-0.39, 0.29) is 5.91 Å². The molecule has 0 heterocycles. The first kappa shape index (κ1) is 17.5. The highest BCUT2D eigenvalue weighted by Gasteiger charge is 2.17. The molecule has 2 aromatic carbocycles. The van der Waals surface area contributed by atoms with Crippen LogP contribution in [0.3, 0.4) is 0 Å². The van der Waals surface area contributed by atoms with E-state index in [1.54, 1.807) is 18.0 Å². The van der Waals surface area contributed by atoms with Gasteiger partial charge in [-0.25, -0.2) is 0 Å². The summed E-state index contributed by atoms with van der Waals surface area (Å²) in [5.74, 6) is 0.544. The van der Waals surface area contributed by atoms with E-state index in [9.17, 15) is 4.79 Å². The molecule has 4 nitrogen and oxygen atoms in total. The maximum atomic E-state index is 12.6. The molecule has 2 rings (SSSR count). The number of ether oxygens (including phenoxy) is 1. The number of benzene rings is 2. The predicted molar refractivity (Wildman–Crippen MR) is 95.8 cm³/mol. The van der Waals surface area contributed by atoms with E-state index >= 15 is 0 Å². The van der Waals surface area contributed by atoms with Gasteiger partial charge in [-0.15, -0.1) is 0 Å². The summed E-state index contributed by atoms with van der Waals surface area (Å²) in [5, 5.41) is 3.04. The lowest BCUT2D eigenvalue weighted by atomic mass is 10.1. The van der Waals surface area contributed by atoms with Crippen molar-refractivity contribution < 1.29 is 9.53 Å². The molecule has 0 unspecified atom stereocenters. The van der Waals surface area contributed by atoms with Crippen molar-refractivity contribution >= 4 is 21.8 Å². The molecule has 2 aromatic rings. The zero-order chi connectivity index (χ0) is 16.7. The second kappa shape index (κ2) is 8.70. The molecule has 23 heavy (non-hydrogen) atoms. The fourth-order valence-corrected chi connectivity index (χ4v) is 2.48. The molecule has 122 valence electrons. The lowest BCUT2D eigenvalue weighted by molar-refractivity contribution is 0.0792. The molecule has 0 aliphatic heterocycles. The number of amides is 1. The zero-order valence-electron chi connectivity index (χ0n) is 13.4. The molecule has 0 fully saturated rings. The van der Waals surface area contributed by atoms with Crippen LogP contribution in [-0.4, -0.2) is 38.0 Å². The van der Waals surface area contributed by atoms with Crippen molar-refractivity contribution in [3.05, 3.63) is 64.1 Å². The molecule has 5 heteroatoms. The van der Waals surface area contributed by atoms with Crippen LogP contribution >= 0.6 is 15.9 Å². The molecule has 0 spiro atoms. The quantitative estimate of drug-likeness (QED) is 0.805. The molecular formula is C18H21BrN2O2. The van der Waals surface area contributed by atoms with E-state index in [0.717, 1.165) is 16.6 Å². The number of hydrogen-bond acceptors (Lipinski definition) is 3. The highest BCUT2D eigenvalue weighted by atomic mass is 79.9. The van der Waals surface area contributed by atoms with Gasteiger partial charge in [0.25, 0.3) is 5.91 Å². The first-order valence-electron chi connectivity index (χ1n) is 7.48. The zero-order valence-corrected chi connectivity index (χ0v) is 15.0. The Balaban J connectivity index is 2.15. The van der Waals surface area contributed by atoms with Gasteiger partial charge in [0.05, 0.1) is 5.56 Å². The third kappa shape index (κ3) is 5.08. The van der Waals surface area contributed by atoms with Crippen LogP contribution in [0.15, 0.2) is 53.0 Å². The van der Waals surface area contributed by atoms with Gasteiger partial charge in [-0.1, -0.05) is 46.3 Å². The Morgan fingerprint density at radius 3 is 2.65 bits per heavy atom. The second-order valence-electron chi connectivity index (χ2n) is 5.25. The van der Waals surface area contributed by atoms with Gasteiger partial charge in [0.15, 0.2) is 0 Å². The Morgan fingerprint density at radius 2 is 1.96 bits per heavy atom.